The molecular formula is C35H27ClF3N3O4. The maximum Gasteiger partial charge on any atom is 0.335 e. The summed E-state index contributed by atoms with van der Waals surface area (Å²) in [6.45, 7) is 1.99. The molecule has 1 aliphatic carbocycles. The number of nitrogens with zero attached hydrogens (tertiary/aromatic N) is 2. The third-order valence-electron chi connectivity index (χ3n) is 8.85. The van der Waals surface area contributed by atoms with Crippen molar-refractivity contribution in [2.75, 3.05) is 0 Å². The van der Waals surface area contributed by atoms with Gasteiger partial charge in [0.05, 0.1) is 22.2 Å². The van der Waals surface area contributed by atoms with Crippen LogP contribution in [0.1, 0.15) is 53.5 Å². The van der Waals surface area contributed by atoms with Crippen LogP contribution in [0, 0.1) is 28.3 Å². The van der Waals surface area contributed by atoms with Gasteiger partial charge in [-0.2, -0.15) is 0 Å². The van der Waals surface area contributed by atoms with E-state index in [-0.39, 0.29) is 50.6 Å². The van der Waals surface area contributed by atoms with E-state index < -0.39 is 29.2 Å². The maximum atomic E-state index is 15.9. The molecule has 234 valence electrons. The molecule has 1 saturated carbocycles. The molecular weight excluding hydrogens is 619 g/mol. The van der Waals surface area contributed by atoms with Gasteiger partial charge in [0.2, 0.25) is 0 Å². The summed E-state index contributed by atoms with van der Waals surface area (Å²) in [6, 6.07) is 16.0. The zero-order chi connectivity index (χ0) is 32.4. The lowest BCUT2D eigenvalue weighted by Crippen LogP contribution is -2.32. The lowest BCUT2D eigenvalue weighted by atomic mass is 9.99. The first-order chi connectivity index (χ1) is 22.0. The number of hydrogen-bond acceptors (Lipinski definition) is 5. The van der Waals surface area contributed by atoms with E-state index in [9.17, 15) is 14.3 Å². The van der Waals surface area contributed by atoms with Crippen molar-refractivity contribution in [2.45, 2.75) is 44.9 Å². The number of aromatic carboxylic acids is 1. The van der Waals surface area contributed by atoms with Crippen molar-refractivity contribution in [3.05, 3.63) is 112 Å². The van der Waals surface area contributed by atoms with Crippen LogP contribution in [-0.4, -0.2) is 26.8 Å². The summed E-state index contributed by atoms with van der Waals surface area (Å²) in [4.78, 5) is 16.4. The van der Waals surface area contributed by atoms with E-state index in [1.165, 1.54) is 42.6 Å². The Hall–Kier alpha value is -4.83. The lowest BCUT2D eigenvalue weighted by molar-refractivity contribution is -0.0705. The van der Waals surface area contributed by atoms with Gasteiger partial charge in [-0.1, -0.05) is 23.7 Å². The van der Waals surface area contributed by atoms with Gasteiger partial charge < -0.3 is 24.6 Å². The standard InChI is InChI=1S/C35H27ClF3N3O4/c1-34(24-7-6-21(36)16-27(24)39)45-30-4-2-3-22(32(30)46-34)20-13-25(37)23(26(38)14-20)17-31-41-28-8-5-19(33(43)44)15-29(28)42(31)18-35(9-10-35)11-12-40/h2-8,12-16,40H,9-11,17-18H2,1H3,(H,43,44). The van der Waals surface area contributed by atoms with Crippen molar-refractivity contribution >= 4 is 34.8 Å². The number of rotatable bonds is 9. The minimum Gasteiger partial charge on any atom is -0.478 e. The van der Waals surface area contributed by atoms with Gasteiger partial charge in [0.15, 0.2) is 11.5 Å². The summed E-state index contributed by atoms with van der Waals surface area (Å²) in [5.41, 5.74) is 1.44. The second-order valence-electron chi connectivity index (χ2n) is 12.0. The fourth-order valence-corrected chi connectivity index (χ4v) is 6.34. The van der Waals surface area contributed by atoms with Crippen molar-refractivity contribution in [3.63, 3.8) is 0 Å². The molecule has 2 heterocycles. The van der Waals surface area contributed by atoms with Crippen LogP contribution in [0.5, 0.6) is 11.5 Å². The van der Waals surface area contributed by atoms with Gasteiger partial charge >= 0.3 is 5.97 Å². The Morgan fingerprint density at radius 2 is 1.80 bits per heavy atom. The normalized spacial score (nSPS) is 17.8. The fourth-order valence-electron chi connectivity index (χ4n) is 6.18. The molecule has 0 amide bonds. The molecule has 0 bridgehead atoms. The average Bonchev–Trinajstić information content (AvgIpc) is 3.54. The molecule has 7 nitrogen and oxygen atoms in total. The fraction of sp³-hybridized carbons (Fsp3) is 0.229. The number of carboxylic acids is 1. The Bertz CT molecular complexity index is 2050. The van der Waals surface area contributed by atoms with Crippen molar-refractivity contribution in [3.8, 4) is 22.6 Å². The molecule has 1 unspecified atom stereocenters. The third kappa shape index (κ3) is 5.16. The smallest absolute Gasteiger partial charge is 0.335 e. The highest BCUT2D eigenvalue weighted by Crippen LogP contribution is 2.51. The van der Waals surface area contributed by atoms with Crippen LogP contribution in [0.15, 0.2) is 66.7 Å². The second-order valence-corrected chi connectivity index (χ2v) is 12.5. The van der Waals surface area contributed by atoms with Gasteiger partial charge in [-0.25, -0.2) is 22.9 Å². The quantitative estimate of drug-likeness (QED) is 0.157. The Morgan fingerprint density at radius 3 is 2.48 bits per heavy atom. The van der Waals surface area contributed by atoms with Gasteiger partial charge in [0, 0.05) is 36.0 Å². The number of imidazole rings is 1. The first-order valence-electron chi connectivity index (χ1n) is 14.7. The van der Waals surface area contributed by atoms with E-state index in [4.69, 9.17) is 26.5 Å². The highest BCUT2D eigenvalue weighted by atomic mass is 35.5. The first kappa shape index (κ1) is 29.9. The molecule has 1 aromatic heterocycles. The largest absolute Gasteiger partial charge is 0.478 e. The van der Waals surface area contributed by atoms with Crippen LogP contribution in [-0.2, 0) is 18.8 Å². The average molecular weight is 646 g/mol. The molecule has 1 aliphatic heterocycles. The monoisotopic (exact) mass is 645 g/mol. The van der Waals surface area contributed by atoms with Crippen LogP contribution < -0.4 is 9.47 Å². The number of nitrogens with one attached hydrogen (secondary N) is 1. The molecule has 11 heteroatoms. The molecule has 0 saturated heterocycles. The van der Waals surface area contributed by atoms with Gasteiger partial charge in [-0.3, -0.25) is 0 Å². The molecule has 0 radical (unpaired) electrons. The van der Waals surface area contributed by atoms with Crippen molar-refractivity contribution < 1.29 is 32.5 Å². The molecule has 1 fully saturated rings. The zero-order valence-electron chi connectivity index (χ0n) is 24.5. The van der Waals surface area contributed by atoms with Crippen LogP contribution in [0.2, 0.25) is 5.02 Å². The minimum absolute atomic E-state index is 0.0790. The van der Waals surface area contributed by atoms with Gasteiger partial charge in [-0.15, -0.1) is 0 Å². The zero-order valence-corrected chi connectivity index (χ0v) is 25.3. The molecule has 7 rings (SSSR count). The number of fused-ring (bicyclic) bond motifs is 2. The van der Waals surface area contributed by atoms with Crippen LogP contribution >= 0.6 is 11.6 Å². The van der Waals surface area contributed by atoms with E-state index in [0.29, 0.717) is 35.4 Å². The van der Waals surface area contributed by atoms with Crippen LogP contribution in [0.25, 0.3) is 22.2 Å². The molecule has 0 spiro atoms. The predicted molar refractivity (Wildman–Crippen MR) is 166 cm³/mol. The number of carboxylic acid groups (broad SMARTS) is 1. The summed E-state index contributed by atoms with van der Waals surface area (Å²) >= 11 is 5.92. The van der Waals surface area contributed by atoms with Crippen LogP contribution in [0.3, 0.4) is 0 Å². The van der Waals surface area contributed by atoms with Gasteiger partial charge in [0.1, 0.15) is 23.3 Å². The molecule has 2 N–H and O–H groups in total. The summed E-state index contributed by atoms with van der Waals surface area (Å²) in [5, 5.41) is 17.4. The van der Waals surface area contributed by atoms with Crippen molar-refractivity contribution in [1.29, 1.82) is 5.41 Å². The van der Waals surface area contributed by atoms with Gasteiger partial charge in [-0.05, 0) is 91.1 Å². The van der Waals surface area contributed by atoms with E-state index in [0.717, 1.165) is 18.9 Å². The van der Waals surface area contributed by atoms with Crippen molar-refractivity contribution in [2.24, 2.45) is 5.41 Å². The van der Waals surface area contributed by atoms with E-state index in [1.807, 2.05) is 4.57 Å². The SMILES string of the molecule is CC1(c2ccc(Cl)cc2F)Oc2cccc(-c3cc(F)c(Cc4nc5ccc(C(=O)O)cc5n4CC4(CC=N)CC4)c(F)c3)c2O1. The highest BCUT2D eigenvalue weighted by Gasteiger charge is 2.43. The van der Waals surface area contributed by atoms with Gasteiger partial charge in [0.25, 0.3) is 5.79 Å². The number of aromatic nitrogens is 2. The summed E-state index contributed by atoms with van der Waals surface area (Å²) in [6.07, 6.45) is 3.48. The minimum atomic E-state index is -1.54. The number of ether oxygens (including phenoxy) is 2. The molecule has 5 aromatic rings. The number of para-hydroxylation sites is 1. The van der Waals surface area contributed by atoms with Crippen LogP contribution in [0.4, 0.5) is 13.2 Å². The Kier molecular flexibility index (Phi) is 7.08. The third-order valence-corrected chi connectivity index (χ3v) is 9.08. The Labute approximate surface area is 266 Å². The van der Waals surface area contributed by atoms with Crippen molar-refractivity contribution in [1.82, 2.24) is 9.55 Å². The Balaban J connectivity index is 1.24. The highest BCUT2D eigenvalue weighted by molar-refractivity contribution is 6.30. The number of hydrogen-bond donors (Lipinski definition) is 2. The summed E-state index contributed by atoms with van der Waals surface area (Å²) in [5.74, 6) is -3.98. The lowest BCUT2D eigenvalue weighted by Gasteiger charge is -2.24. The summed E-state index contributed by atoms with van der Waals surface area (Å²) < 4.78 is 60.5. The predicted octanol–water partition coefficient (Wildman–Crippen LogP) is 8.53. The maximum absolute atomic E-state index is 15.9. The van der Waals surface area contributed by atoms with E-state index in [2.05, 4.69) is 4.98 Å². The first-order valence-corrected chi connectivity index (χ1v) is 15.0. The molecule has 46 heavy (non-hydrogen) atoms. The molecule has 2 aliphatic rings. The van der Waals surface area contributed by atoms with E-state index >= 15 is 8.78 Å². The topological polar surface area (TPSA) is 97.4 Å². The summed E-state index contributed by atoms with van der Waals surface area (Å²) in [7, 11) is 0. The number of carbonyl (C=O) groups is 1. The second kappa shape index (κ2) is 10.9. The number of benzene rings is 4. The van der Waals surface area contributed by atoms with E-state index in [1.54, 1.807) is 31.2 Å². The molecule has 4 aromatic carbocycles. The number of halogens is 4. The molecule has 1 atom stereocenters. The Morgan fingerprint density at radius 1 is 1.04 bits per heavy atom.